The van der Waals surface area contributed by atoms with Crippen molar-refractivity contribution in [2.75, 3.05) is 19.0 Å². The smallest absolute Gasteiger partial charge is 0.191 e. The lowest BCUT2D eigenvalue weighted by molar-refractivity contribution is 0.0953. The molecule has 0 amide bonds. The van der Waals surface area contributed by atoms with Crippen LogP contribution in [0.4, 0.5) is 4.39 Å². The Balaban J connectivity index is 1.38. The molecule has 1 aliphatic heterocycles. The van der Waals surface area contributed by atoms with Crippen LogP contribution in [0.25, 0.3) is 10.7 Å². The van der Waals surface area contributed by atoms with Crippen LogP contribution < -0.4 is 4.74 Å². The fourth-order valence-electron chi connectivity index (χ4n) is 3.08. The first-order valence-corrected chi connectivity index (χ1v) is 11.3. The first-order valence-electron chi connectivity index (χ1n) is 9.47. The van der Waals surface area contributed by atoms with Crippen LogP contribution in [0, 0.1) is 5.82 Å². The van der Waals surface area contributed by atoms with Crippen molar-refractivity contribution in [3.05, 3.63) is 47.6 Å². The average molecular weight is 436 g/mol. The van der Waals surface area contributed by atoms with Gasteiger partial charge < -0.3 is 14.6 Å². The number of thioether (sulfide) groups is 1. The zero-order valence-electron chi connectivity index (χ0n) is 15.7. The van der Waals surface area contributed by atoms with Crippen molar-refractivity contribution in [3.63, 3.8) is 0 Å². The van der Waals surface area contributed by atoms with Crippen LogP contribution in [0.15, 0.2) is 46.9 Å². The average Bonchev–Trinajstić information content (AvgIpc) is 3.49. The number of hydrogen-bond acceptors (Lipinski definition) is 7. The van der Waals surface area contributed by atoms with E-state index in [0.29, 0.717) is 18.0 Å². The number of aliphatic hydroxyl groups is 1. The quantitative estimate of drug-likeness (QED) is 0.515. The molecule has 1 saturated heterocycles. The molecule has 3 aromatic rings. The molecule has 154 valence electrons. The van der Waals surface area contributed by atoms with Gasteiger partial charge in [-0.2, -0.15) is 0 Å². The van der Waals surface area contributed by atoms with Crippen LogP contribution >= 0.6 is 23.1 Å². The maximum absolute atomic E-state index is 12.9. The number of rotatable bonds is 9. The molecule has 2 atom stereocenters. The molecule has 1 aromatic carbocycles. The Kier molecular flexibility index (Phi) is 6.81. The number of aromatic nitrogens is 3. The van der Waals surface area contributed by atoms with Gasteiger partial charge in [0.25, 0.3) is 0 Å². The second-order valence-electron chi connectivity index (χ2n) is 6.76. The Morgan fingerprint density at radius 1 is 1.31 bits per heavy atom. The summed E-state index contributed by atoms with van der Waals surface area (Å²) in [5.41, 5.74) is 0. The lowest BCUT2D eigenvalue weighted by Gasteiger charge is -2.15. The van der Waals surface area contributed by atoms with Crippen LogP contribution in [0.3, 0.4) is 0 Å². The summed E-state index contributed by atoms with van der Waals surface area (Å²) in [6.07, 6.45) is 1.57. The Morgan fingerprint density at radius 3 is 2.90 bits per heavy atom. The second kappa shape index (κ2) is 9.71. The molecule has 1 fully saturated rings. The van der Waals surface area contributed by atoms with Gasteiger partial charge in [0, 0.05) is 12.4 Å². The maximum Gasteiger partial charge on any atom is 0.191 e. The van der Waals surface area contributed by atoms with Crippen LogP contribution in [0.5, 0.6) is 5.75 Å². The number of ether oxygens (including phenoxy) is 2. The highest BCUT2D eigenvalue weighted by molar-refractivity contribution is 7.99. The summed E-state index contributed by atoms with van der Waals surface area (Å²) in [6.45, 7) is 1.62. The Hall–Kier alpha value is -1.94. The molecular formula is C20H22FN3O3S2. The van der Waals surface area contributed by atoms with E-state index < -0.39 is 6.10 Å². The van der Waals surface area contributed by atoms with Crippen LogP contribution in [0.1, 0.15) is 12.8 Å². The van der Waals surface area contributed by atoms with Gasteiger partial charge in [-0.05, 0) is 48.6 Å². The third kappa shape index (κ3) is 5.36. The van der Waals surface area contributed by atoms with Crippen LogP contribution in [0.2, 0.25) is 0 Å². The predicted octanol–water partition coefficient (Wildman–Crippen LogP) is 3.86. The molecule has 0 saturated carbocycles. The van der Waals surface area contributed by atoms with Gasteiger partial charge in [0.2, 0.25) is 0 Å². The maximum atomic E-state index is 12.9. The molecule has 0 radical (unpaired) electrons. The molecule has 0 spiro atoms. The molecular weight excluding hydrogens is 413 g/mol. The highest BCUT2D eigenvalue weighted by atomic mass is 32.2. The van der Waals surface area contributed by atoms with Gasteiger partial charge in [-0.3, -0.25) is 4.57 Å². The van der Waals surface area contributed by atoms with Crippen molar-refractivity contribution in [1.29, 1.82) is 0 Å². The van der Waals surface area contributed by atoms with E-state index in [-0.39, 0.29) is 18.5 Å². The minimum Gasteiger partial charge on any atom is -0.491 e. The molecule has 2 aromatic heterocycles. The van der Waals surface area contributed by atoms with E-state index in [9.17, 15) is 9.50 Å². The summed E-state index contributed by atoms with van der Waals surface area (Å²) in [5, 5.41) is 21.8. The van der Waals surface area contributed by atoms with Crippen molar-refractivity contribution in [3.8, 4) is 16.5 Å². The van der Waals surface area contributed by atoms with Gasteiger partial charge in [0.1, 0.15) is 18.2 Å². The van der Waals surface area contributed by atoms with Crippen LogP contribution in [-0.4, -0.2) is 51.0 Å². The molecule has 1 aliphatic rings. The topological polar surface area (TPSA) is 69.4 Å². The van der Waals surface area contributed by atoms with Crippen molar-refractivity contribution in [2.24, 2.45) is 0 Å². The standard InChI is InChI=1S/C20H22FN3O3S2/c21-14-5-7-16(8-6-14)27-12-15(25)13-29-20-23-22-19(18-4-2-10-28-18)24(20)11-17-3-1-9-26-17/h2,4-8,10,15,17,25H,1,3,9,11-13H2/t15-,17-/m1/s1. The predicted molar refractivity (Wildman–Crippen MR) is 111 cm³/mol. The number of benzene rings is 1. The molecule has 9 heteroatoms. The molecule has 6 nitrogen and oxygen atoms in total. The third-order valence-electron chi connectivity index (χ3n) is 4.53. The van der Waals surface area contributed by atoms with Gasteiger partial charge in [-0.25, -0.2) is 4.39 Å². The normalized spacial score (nSPS) is 17.5. The summed E-state index contributed by atoms with van der Waals surface area (Å²) in [7, 11) is 0. The van der Waals surface area contributed by atoms with Gasteiger partial charge in [0.15, 0.2) is 11.0 Å². The number of hydrogen-bond donors (Lipinski definition) is 1. The van der Waals surface area contributed by atoms with Crippen molar-refractivity contribution >= 4 is 23.1 Å². The van der Waals surface area contributed by atoms with E-state index in [4.69, 9.17) is 9.47 Å². The second-order valence-corrected chi connectivity index (χ2v) is 8.69. The molecule has 0 unspecified atom stereocenters. The highest BCUT2D eigenvalue weighted by Gasteiger charge is 2.22. The van der Waals surface area contributed by atoms with Crippen molar-refractivity contribution in [1.82, 2.24) is 14.8 Å². The van der Waals surface area contributed by atoms with Gasteiger partial charge in [-0.15, -0.1) is 21.5 Å². The molecule has 29 heavy (non-hydrogen) atoms. The zero-order valence-corrected chi connectivity index (χ0v) is 17.4. The first-order chi connectivity index (χ1) is 14.2. The van der Waals surface area contributed by atoms with E-state index >= 15 is 0 Å². The lowest BCUT2D eigenvalue weighted by Crippen LogP contribution is -2.21. The summed E-state index contributed by atoms with van der Waals surface area (Å²) < 4.78 is 26.4. The van der Waals surface area contributed by atoms with Gasteiger partial charge >= 0.3 is 0 Å². The fourth-order valence-corrected chi connectivity index (χ4v) is 4.65. The minimum atomic E-state index is -0.692. The number of nitrogens with zero attached hydrogens (tertiary/aromatic N) is 3. The van der Waals surface area contributed by atoms with E-state index in [1.165, 1.54) is 23.9 Å². The molecule has 3 heterocycles. The van der Waals surface area contributed by atoms with Crippen LogP contribution in [-0.2, 0) is 11.3 Å². The Labute approximate surface area is 176 Å². The van der Waals surface area contributed by atoms with E-state index in [1.54, 1.807) is 23.5 Å². The number of halogens is 1. The first kappa shape index (κ1) is 20.3. The summed E-state index contributed by atoms with van der Waals surface area (Å²) in [6, 6.07) is 9.77. The lowest BCUT2D eigenvalue weighted by atomic mass is 10.2. The van der Waals surface area contributed by atoms with Gasteiger partial charge in [0.05, 0.1) is 23.6 Å². The Bertz CT molecular complexity index is 896. The van der Waals surface area contributed by atoms with E-state index in [0.717, 1.165) is 35.3 Å². The summed E-state index contributed by atoms with van der Waals surface area (Å²) in [4.78, 5) is 1.06. The third-order valence-corrected chi connectivity index (χ3v) is 6.51. The minimum absolute atomic E-state index is 0.121. The zero-order chi connectivity index (χ0) is 20.1. The highest BCUT2D eigenvalue weighted by Crippen LogP contribution is 2.29. The number of thiophene rings is 1. The molecule has 0 aliphatic carbocycles. The molecule has 4 rings (SSSR count). The number of aliphatic hydroxyl groups excluding tert-OH is 1. The monoisotopic (exact) mass is 435 g/mol. The molecule has 1 N–H and O–H groups in total. The fraction of sp³-hybridized carbons (Fsp3) is 0.400. The summed E-state index contributed by atoms with van der Waals surface area (Å²) in [5.74, 6) is 1.45. The molecule has 0 bridgehead atoms. The van der Waals surface area contributed by atoms with Gasteiger partial charge in [-0.1, -0.05) is 17.8 Å². The van der Waals surface area contributed by atoms with Crippen molar-refractivity contribution < 1.29 is 19.0 Å². The SMILES string of the molecule is O[C@H](COc1ccc(F)cc1)CSc1nnc(-c2cccs2)n1C[C@H]1CCCO1. The van der Waals surface area contributed by atoms with E-state index in [1.807, 2.05) is 17.5 Å². The summed E-state index contributed by atoms with van der Waals surface area (Å²) >= 11 is 3.07. The van der Waals surface area contributed by atoms with E-state index in [2.05, 4.69) is 14.8 Å². The Morgan fingerprint density at radius 2 is 2.17 bits per heavy atom. The van der Waals surface area contributed by atoms with Crippen molar-refractivity contribution in [2.45, 2.75) is 36.8 Å². The largest absolute Gasteiger partial charge is 0.491 e.